The van der Waals surface area contributed by atoms with Crippen LogP contribution in [0.4, 0.5) is 5.69 Å². The normalized spacial score (nSPS) is 14.8. The van der Waals surface area contributed by atoms with Crippen LogP contribution in [0.2, 0.25) is 5.15 Å². The van der Waals surface area contributed by atoms with E-state index < -0.39 is 0 Å². The third-order valence-electron chi connectivity index (χ3n) is 4.31. The second-order valence-corrected chi connectivity index (χ2v) is 6.30. The minimum absolute atomic E-state index is 0.717. The first-order valence-corrected chi connectivity index (χ1v) is 8.25. The molecule has 1 aromatic carbocycles. The first-order valence-electron chi connectivity index (χ1n) is 7.88. The highest BCUT2D eigenvalue weighted by molar-refractivity contribution is 6.30. The molecule has 118 valence electrons. The molecular weight excluding hydrogens is 296 g/mol. The molecule has 0 atom stereocenters. The Bertz CT molecular complexity index is 627. The zero-order chi connectivity index (χ0) is 15.5. The van der Waals surface area contributed by atoms with Crippen molar-refractivity contribution in [1.82, 2.24) is 15.1 Å². The molecule has 4 nitrogen and oxygen atoms in total. The Morgan fingerprint density at radius 1 is 1.14 bits per heavy atom. The largest absolute Gasteiger partial charge is 0.372 e. The number of rotatable bonds is 5. The van der Waals surface area contributed by atoms with Crippen molar-refractivity contribution in [2.24, 2.45) is 7.05 Å². The highest BCUT2D eigenvalue weighted by Gasteiger charge is 2.12. The molecule has 2 aromatic rings. The van der Waals surface area contributed by atoms with Gasteiger partial charge in [0.15, 0.2) is 0 Å². The molecule has 0 amide bonds. The van der Waals surface area contributed by atoms with Crippen molar-refractivity contribution in [2.75, 3.05) is 18.0 Å². The van der Waals surface area contributed by atoms with Gasteiger partial charge in [0, 0.05) is 44.5 Å². The fourth-order valence-corrected chi connectivity index (χ4v) is 3.25. The summed E-state index contributed by atoms with van der Waals surface area (Å²) in [7, 11) is 1.87. The third kappa shape index (κ3) is 3.28. The minimum atomic E-state index is 0.717. The summed E-state index contributed by atoms with van der Waals surface area (Å²) in [5.41, 5.74) is 4.70. The standard InChI is InChI=1S/C17H23ClN4/c1-13-16(17(18)21(2)20-13)12-19-11-14-5-7-15(8-6-14)22-9-3-4-10-22/h5-8,19H,3-4,9-12H2,1-2H3. The minimum Gasteiger partial charge on any atom is -0.372 e. The first-order chi connectivity index (χ1) is 10.6. The maximum atomic E-state index is 6.24. The Labute approximate surface area is 137 Å². The summed E-state index contributed by atoms with van der Waals surface area (Å²) < 4.78 is 1.72. The monoisotopic (exact) mass is 318 g/mol. The van der Waals surface area contributed by atoms with E-state index in [1.165, 1.54) is 37.2 Å². The van der Waals surface area contributed by atoms with Gasteiger partial charge in [0.05, 0.1) is 5.69 Å². The van der Waals surface area contributed by atoms with Crippen LogP contribution in [0.5, 0.6) is 0 Å². The van der Waals surface area contributed by atoms with Crippen molar-refractivity contribution in [3.05, 3.63) is 46.2 Å². The quantitative estimate of drug-likeness (QED) is 0.918. The van der Waals surface area contributed by atoms with E-state index in [2.05, 4.69) is 39.6 Å². The van der Waals surface area contributed by atoms with Gasteiger partial charge in [-0.15, -0.1) is 0 Å². The van der Waals surface area contributed by atoms with Crippen LogP contribution >= 0.6 is 11.6 Å². The molecule has 1 aromatic heterocycles. The average Bonchev–Trinajstić information content (AvgIpc) is 3.12. The second-order valence-electron chi connectivity index (χ2n) is 5.94. The molecule has 0 saturated carbocycles. The Kier molecular flexibility index (Phi) is 4.69. The Hall–Kier alpha value is -1.52. The van der Waals surface area contributed by atoms with Gasteiger partial charge in [-0.1, -0.05) is 23.7 Å². The lowest BCUT2D eigenvalue weighted by Gasteiger charge is -2.17. The van der Waals surface area contributed by atoms with Crippen molar-refractivity contribution >= 4 is 17.3 Å². The number of hydrogen-bond acceptors (Lipinski definition) is 3. The number of halogens is 1. The molecule has 1 aliphatic rings. The maximum Gasteiger partial charge on any atom is 0.131 e. The highest BCUT2D eigenvalue weighted by Crippen LogP contribution is 2.21. The Morgan fingerprint density at radius 2 is 1.82 bits per heavy atom. The molecule has 0 radical (unpaired) electrons. The lowest BCUT2D eigenvalue weighted by Crippen LogP contribution is -2.17. The number of anilines is 1. The van der Waals surface area contributed by atoms with Crippen LogP contribution in [-0.2, 0) is 20.1 Å². The van der Waals surface area contributed by atoms with Gasteiger partial charge in [-0.05, 0) is 37.5 Å². The van der Waals surface area contributed by atoms with E-state index in [4.69, 9.17) is 11.6 Å². The van der Waals surface area contributed by atoms with Gasteiger partial charge in [0.25, 0.3) is 0 Å². The molecule has 0 aliphatic carbocycles. The van der Waals surface area contributed by atoms with E-state index in [1.807, 2.05) is 14.0 Å². The molecule has 5 heteroatoms. The SMILES string of the molecule is Cc1nn(C)c(Cl)c1CNCc1ccc(N2CCCC2)cc1. The molecule has 0 unspecified atom stereocenters. The zero-order valence-electron chi connectivity index (χ0n) is 13.3. The summed E-state index contributed by atoms with van der Waals surface area (Å²) in [6, 6.07) is 8.87. The van der Waals surface area contributed by atoms with E-state index in [9.17, 15) is 0 Å². The third-order valence-corrected chi connectivity index (χ3v) is 4.78. The topological polar surface area (TPSA) is 33.1 Å². The summed E-state index contributed by atoms with van der Waals surface area (Å²) in [5, 5.41) is 8.50. The molecule has 1 N–H and O–H groups in total. The lowest BCUT2D eigenvalue weighted by molar-refractivity contribution is 0.690. The van der Waals surface area contributed by atoms with Crippen LogP contribution < -0.4 is 10.2 Å². The molecule has 2 heterocycles. The molecule has 1 aliphatic heterocycles. The second kappa shape index (κ2) is 6.71. The van der Waals surface area contributed by atoms with Gasteiger partial charge in [0.2, 0.25) is 0 Å². The van der Waals surface area contributed by atoms with Crippen LogP contribution in [0.3, 0.4) is 0 Å². The molecular formula is C17H23ClN4. The average molecular weight is 319 g/mol. The number of aromatic nitrogens is 2. The van der Waals surface area contributed by atoms with Crippen LogP contribution in [0, 0.1) is 6.92 Å². The maximum absolute atomic E-state index is 6.24. The Balaban J connectivity index is 1.55. The molecule has 22 heavy (non-hydrogen) atoms. The van der Waals surface area contributed by atoms with Crippen molar-refractivity contribution < 1.29 is 0 Å². The fourth-order valence-electron chi connectivity index (χ4n) is 3.01. The highest BCUT2D eigenvalue weighted by atomic mass is 35.5. The summed E-state index contributed by atoms with van der Waals surface area (Å²) in [6.07, 6.45) is 2.63. The molecule has 3 rings (SSSR count). The molecule has 0 spiro atoms. The van der Waals surface area contributed by atoms with Crippen LogP contribution in [0.1, 0.15) is 29.7 Å². The van der Waals surface area contributed by atoms with Crippen molar-refractivity contribution in [3.8, 4) is 0 Å². The van der Waals surface area contributed by atoms with Crippen LogP contribution in [0.15, 0.2) is 24.3 Å². The van der Waals surface area contributed by atoms with Gasteiger partial charge >= 0.3 is 0 Å². The van der Waals surface area contributed by atoms with Gasteiger partial charge in [-0.2, -0.15) is 5.10 Å². The fraction of sp³-hybridized carbons (Fsp3) is 0.471. The molecule has 1 fully saturated rings. The molecule has 1 saturated heterocycles. The van der Waals surface area contributed by atoms with E-state index >= 15 is 0 Å². The first kappa shape index (κ1) is 15.4. The Morgan fingerprint density at radius 3 is 2.41 bits per heavy atom. The van der Waals surface area contributed by atoms with Crippen molar-refractivity contribution in [1.29, 1.82) is 0 Å². The van der Waals surface area contributed by atoms with Crippen molar-refractivity contribution in [2.45, 2.75) is 32.9 Å². The number of nitrogens with one attached hydrogen (secondary N) is 1. The van der Waals surface area contributed by atoms with E-state index in [-0.39, 0.29) is 0 Å². The van der Waals surface area contributed by atoms with E-state index in [0.29, 0.717) is 0 Å². The number of aryl methyl sites for hydroxylation is 2. The summed E-state index contributed by atoms with van der Waals surface area (Å²) >= 11 is 6.24. The van der Waals surface area contributed by atoms with E-state index in [1.54, 1.807) is 4.68 Å². The van der Waals surface area contributed by atoms with Gasteiger partial charge in [0.1, 0.15) is 5.15 Å². The number of nitrogens with zero attached hydrogens (tertiary/aromatic N) is 3. The number of benzene rings is 1. The van der Waals surface area contributed by atoms with Crippen LogP contribution in [0.25, 0.3) is 0 Å². The summed E-state index contributed by atoms with van der Waals surface area (Å²) in [6.45, 7) is 5.96. The number of hydrogen-bond donors (Lipinski definition) is 1. The van der Waals surface area contributed by atoms with Gasteiger partial charge in [-0.25, -0.2) is 0 Å². The summed E-state index contributed by atoms with van der Waals surface area (Å²) in [5.74, 6) is 0. The zero-order valence-corrected chi connectivity index (χ0v) is 14.0. The van der Waals surface area contributed by atoms with E-state index in [0.717, 1.165) is 29.5 Å². The smallest absolute Gasteiger partial charge is 0.131 e. The molecule has 0 bridgehead atoms. The predicted octanol–water partition coefficient (Wildman–Crippen LogP) is 3.27. The summed E-state index contributed by atoms with van der Waals surface area (Å²) in [4.78, 5) is 2.45. The van der Waals surface area contributed by atoms with Crippen LogP contribution in [-0.4, -0.2) is 22.9 Å². The van der Waals surface area contributed by atoms with Gasteiger partial charge < -0.3 is 10.2 Å². The lowest BCUT2D eigenvalue weighted by atomic mass is 10.2. The predicted molar refractivity (Wildman–Crippen MR) is 91.4 cm³/mol. The van der Waals surface area contributed by atoms with Gasteiger partial charge in [-0.3, -0.25) is 4.68 Å². The van der Waals surface area contributed by atoms with Crippen molar-refractivity contribution in [3.63, 3.8) is 0 Å².